The Morgan fingerprint density at radius 2 is 0.742 bits per heavy atom. The summed E-state index contributed by atoms with van der Waals surface area (Å²) >= 11 is 0. The number of aryl methyl sites for hydroxylation is 2. The highest BCUT2D eigenvalue weighted by atomic mass is 16.5. The quantitative estimate of drug-likeness (QED) is 0.0414. The minimum Gasteiger partial charge on any atom is -0.507 e. The molecule has 66 heavy (non-hydrogen) atoms. The van der Waals surface area contributed by atoms with E-state index >= 15 is 0 Å². The molecule has 0 fully saturated rings. The first kappa shape index (κ1) is 58.0. The van der Waals surface area contributed by atoms with E-state index in [0.29, 0.717) is 37.2 Å². The van der Waals surface area contributed by atoms with Crippen LogP contribution >= 0.6 is 0 Å². The van der Waals surface area contributed by atoms with Crippen molar-refractivity contribution in [1.29, 1.82) is 0 Å². The molecule has 0 spiro atoms. The highest BCUT2D eigenvalue weighted by Crippen LogP contribution is 2.41. The van der Waals surface area contributed by atoms with Crippen LogP contribution in [0.4, 0.5) is 0 Å². The molecule has 0 saturated carbocycles. The van der Waals surface area contributed by atoms with Gasteiger partial charge in [-0.3, -0.25) is 19.2 Å². The van der Waals surface area contributed by atoms with Gasteiger partial charge in [-0.25, -0.2) is 0 Å². The number of aromatic hydroxyl groups is 2. The van der Waals surface area contributed by atoms with Crippen LogP contribution < -0.4 is 10.6 Å². The predicted molar refractivity (Wildman–Crippen MR) is 269 cm³/mol. The Balaban J connectivity index is 2.13. The van der Waals surface area contributed by atoms with Crippen LogP contribution in [0.2, 0.25) is 0 Å². The number of nitrogens with one attached hydrogen (secondary N) is 2. The molecule has 10 nitrogen and oxygen atoms in total. The van der Waals surface area contributed by atoms with Crippen molar-refractivity contribution in [3.05, 3.63) is 57.6 Å². The van der Waals surface area contributed by atoms with Gasteiger partial charge in [0.15, 0.2) is 0 Å². The maximum atomic E-state index is 13.4. The smallest absolute Gasteiger partial charge is 0.309 e. The number of hydrogen-bond acceptors (Lipinski definition) is 8. The van der Waals surface area contributed by atoms with E-state index in [1.54, 1.807) is 0 Å². The van der Waals surface area contributed by atoms with Gasteiger partial charge in [-0.1, -0.05) is 185 Å². The topological polar surface area (TPSA) is 151 Å². The van der Waals surface area contributed by atoms with E-state index in [1.165, 1.54) is 12.8 Å². The molecule has 0 aliphatic carbocycles. The van der Waals surface area contributed by atoms with E-state index in [2.05, 4.69) is 108 Å². The van der Waals surface area contributed by atoms with Gasteiger partial charge in [0.2, 0.25) is 0 Å². The number of esters is 2. The molecule has 374 valence electrons. The van der Waals surface area contributed by atoms with Gasteiger partial charge in [-0.2, -0.15) is 0 Å². The van der Waals surface area contributed by atoms with Crippen LogP contribution in [0.15, 0.2) is 24.3 Å². The molecule has 2 amide bonds. The van der Waals surface area contributed by atoms with E-state index in [0.717, 1.165) is 97.6 Å². The Labute approximate surface area is 400 Å². The first-order chi connectivity index (χ1) is 30.7. The zero-order chi connectivity index (χ0) is 49.9. The SMILES string of the molecule is CCCCCCCCC(CNC(=O)C(=O)NCC(CCCCCCCC)OC(=O)CCc1cc(C(C)(C)C)c(O)c(C(C)(C)C)c1)OC(=O)CCc1cc(C(C)(C)C)c(O)c(C(C)(C)C)c1. The molecule has 0 heterocycles. The summed E-state index contributed by atoms with van der Waals surface area (Å²) in [6.07, 6.45) is 13.7. The van der Waals surface area contributed by atoms with Crippen molar-refractivity contribution in [2.75, 3.05) is 13.1 Å². The number of amides is 2. The largest absolute Gasteiger partial charge is 0.507 e. The van der Waals surface area contributed by atoms with E-state index in [4.69, 9.17) is 9.47 Å². The summed E-state index contributed by atoms with van der Waals surface area (Å²) in [6, 6.07) is 7.91. The van der Waals surface area contributed by atoms with Crippen molar-refractivity contribution in [3.63, 3.8) is 0 Å². The first-order valence-electron chi connectivity index (χ1n) is 25.4. The van der Waals surface area contributed by atoms with Crippen LogP contribution in [0.3, 0.4) is 0 Å². The molecule has 2 aromatic carbocycles. The van der Waals surface area contributed by atoms with Crippen molar-refractivity contribution in [2.45, 2.75) is 246 Å². The number of carbonyl (C=O) groups is 4. The Morgan fingerprint density at radius 1 is 0.470 bits per heavy atom. The van der Waals surface area contributed by atoms with Crippen LogP contribution in [-0.2, 0) is 63.2 Å². The summed E-state index contributed by atoms with van der Waals surface area (Å²) in [5.41, 5.74) is 4.05. The lowest BCUT2D eigenvalue weighted by Crippen LogP contribution is -2.45. The highest BCUT2D eigenvalue weighted by molar-refractivity contribution is 6.35. The average Bonchev–Trinajstić information content (AvgIpc) is 3.21. The number of rotatable bonds is 26. The molecule has 0 bridgehead atoms. The summed E-state index contributed by atoms with van der Waals surface area (Å²) in [5.74, 6) is -1.87. The van der Waals surface area contributed by atoms with Gasteiger partial charge in [0.25, 0.3) is 0 Å². The number of benzene rings is 2. The second-order valence-electron chi connectivity index (χ2n) is 22.8. The maximum Gasteiger partial charge on any atom is 0.309 e. The van der Waals surface area contributed by atoms with Crippen molar-refractivity contribution in [1.82, 2.24) is 10.6 Å². The molecule has 0 aliphatic heterocycles. The molecule has 10 heteroatoms. The van der Waals surface area contributed by atoms with Crippen LogP contribution in [0.25, 0.3) is 0 Å². The van der Waals surface area contributed by atoms with Crippen molar-refractivity contribution < 1.29 is 38.9 Å². The molecule has 0 radical (unpaired) electrons. The molecule has 2 aromatic rings. The molecule has 0 saturated heterocycles. The minimum absolute atomic E-state index is 0.00417. The summed E-state index contributed by atoms with van der Waals surface area (Å²) in [6.45, 7) is 29.1. The minimum atomic E-state index is -0.839. The molecule has 4 N–H and O–H groups in total. The summed E-state index contributed by atoms with van der Waals surface area (Å²) in [7, 11) is 0. The number of phenols is 2. The zero-order valence-corrected chi connectivity index (χ0v) is 44.0. The van der Waals surface area contributed by atoms with Gasteiger partial charge in [0, 0.05) is 12.8 Å². The molecule has 2 rings (SSSR count). The third kappa shape index (κ3) is 20.8. The zero-order valence-electron chi connectivity index (χ0n) is 44.0. The third-order valence-corrected chi connectivity index (χ3v) is 12.3. The summed E-state index contributed by atoms with van der Waals surface area (Å²) in [5, 5.41) is 27.8. The summed E-state index contributed by atoms with van der Waals surface area (Å²) < 4.78 is 11.9. The second kappa shape index (κ2) is 27.1. The van der Waals surface area contributed by atoms with E-state index in [-0.39, 0.29) is 59.5 Å². The molecule has 2 atom stereocenters. The molecular weight excluding hydrogens is 829 g/mol. The fourth-order valence-corrected chi connectivity index (χ4v) is 8.23. The Morgan fingerprint density at radius 3 is 1.02 bits per heavy atom. The lowest BCUT2D eigenvalue weighted by molar-refractivity contribution is -0.151. The van der Waals surface area contributed by atoms with E-state index in [1.807, 2.05) is 24.3 Å². The van der Waals surface area contributed by atoms with Crippen molar-refractivity contribution >= 4 is 23.8 Å². The number of carbonyl (C=O) groups excluding carboxylic acids is 4. The van der Waals surface area contributed by atoms with Gasteiger partial charge >= 0.3 is 23.8 Å². The first-order valence-corrected chi connectivity index (χ1v) is 25.4. The Hall–Kier alpha value is -4.08. The Kier molecular flexibility index (Phi) is 23.8. The standard InChI is InChI=1S/C56H92N2O8/c1-15-17-19-21-23-25-27-41(65-47(59)31-29-39-33-43(53(3,4)5)49(61)44(34-39)54(6,7)8)37-57-51(63)52(64)58-38-42(28-26-24-22-20-18-16-2)66-48(60)32-30-40-35-45(55(9,10)11)50(62)46(36-40)56(12,13)14/h33-36,41-42,61-62H,15-32,37-38H2,1-14H3,(H,57,63)(H,58,64). The van der Waals surface area contributed by atoms with Crippen molar-refractivity contribution in [3.8, 4) is 11.5 Å². The van der Waals surface area contributed by atoms with Crippen LogP contribution in [0.5, 0.6) is 11.5 Å². The van der Waals surface area contributed by atoms with Gasteiger partial charge in [-0.15, -0.1) is 0 Å². The fourth-order valence-electron chi connectivity index (χ4n) is 8.23. The van der Waals surface area contributed by atoms with Gasteiger partial charge < -0.3 is 30.3 Å². The Bertz CT molecular complexity index is 1640. The molecular formula is C56H92N2O8. The van der Waals surface area contributed by atoms with Crippen LogP contribution in [0.1, 0.15) is 233 Å². The predicted octanol–water partition coefficient (Wildman–Crippen LogP) is 12.4. The van der Waals surface area contributed by atoms with Gasteiger partial charge in [-0.05, 0) is 93.6 Å². The highest BCUT2D eigenvalue weighted by Gasteiger charge is 2.29. The monoisotopic (exact) mass is 921 g/mol. The molecule has 2 unspecified atom stereocenters. The number of ether oxygens (including phenoxy) is 2. The number of hydrogen-bond donors (Lipinski definition) is 4. The maximum absolute atomic E-state index is 13.4. The fraction of sp³-hybridized carbons (Fsp3) is 0.714. The van der Waals surface area contributed by atoms with Gasteiger partial charge in [0.1, 0.15) is 23.7 Å². The lowest BCUT2D eigenvalue weighted by atomic mass is 9.78. The summed E-state index contributed by atoms with van der Waals surface area (Å²) in [4.78, 5) is 53.2. The lowest BCUT2D eigenvalue weighted by Gasteiger charge is -2.28. The second-order valence-corrected chi connectivity index (χ2v) is 22.8. The van der Waals surface area contributed by atoms with Crippen LogP contribution in [-0.4, -0.2) is 59.3 Å². The average molecular weight is 921 g/mol. The third-order valence-electron chi connectivity index (χ3n) is 12.3. The molecule has 0 aromatic heterocycles. The van der Waals surface area contributed by atoms with E-state index < -0.39 is 24.0 Å². The molecule has 0 aliphatic rings. The van der Waals surface area contributed by atoms with Crippen LogP contribution in [0, 0.1) is 0 Å². The van der Waals surface area contributed by atoms with Crippen molar-refractivity contribution in [2.24, 2.45) is 0 Å². The number of unbranched alkanes of at least 4 members (excludes halogenated alkanes) is 10. The number of phenolic OH excluding ortho intramolecular Hbond substituents is 2. The van der Waals surface area contributed by atoms with Gasteiger partial charge in [0.05, 0.1) is 13.1 Å². The van der Waals surface area contributed by atoms with E-state index in [9.17, 15) is 29.4 Å². The normalized spacial score (nSPS) is 13.2.